The largest absolute Gasteiger partial charge is 0.298 e. The maximum absolute atomic E-state index is 15.0. The molecule has 0 heterocycles. The van der Waals surface area contributed by atoms with E-state index in [-0.39, 0.29) is 10.8 Å². The van der Waals surface area contributed by atoms with Crippen molar-refractivity contribution in [2.24, 2.45) is 34.5 Å². The van der Waals surface area contributed by atoms with Gasteiger partial charge in [0.2, 0.25) is 0 Å². The summed E-state index contributed by atoms with van der Waals surface area (Å²) in [5, 5.41) is 0. The molecule has 0 bridgehead atoms. The molecule has 4 saturated carbocycles. The molecule has 1 heteroatoms. The third kappa shape index (κ3) is 5.02. The maximum atomic E-state index is 15.0. The van der Waals surface area contributed by atoms with Crippen LogP contribution in [0.25, 0.3) is 0 Å². The van der Waals surface area contributed by atoms with Gasteiger partial charge < -0.3 is 0 Å². The average Bonchev–Trinajstić information content (AvgIpc) is 2.86. The first-order valence-electron chi connectivity index (χ1n) is 15.2. The number of ketones is 1. The highest BCUT2D eigenvalue weighted by atomic mass is 16.1. The minimum absolute atomic E-state index is 0.0625. The Hall–Kier alpha value is -0.330. The minimum atomic E-state index is 0.0625. The summed E-state index contributed by atoms with van der Waals surface area (Å²) in [6, 6.07) is 0. The SMILES string of the molecule is CCCC1CCC(C2(C(=O)C3(C4CCC(CCC)CC4)CCCCC3)CCCCC2)CC1. The fourth-order valence-electron chi connectivity index (χ4n) is 9.33. The summed E-state index contributed by atoms with van der Waals surface area (Å²) in [5.74, 6) is 4.15. The topological polar surface area (TPSA) is 17.1 Å². The Morgan fingerprint density at radius 1 is 0.562 bits per heavy atom. The maximum Gasteiger partial charge on any atom is 0.145 e. The highest BCUT2D eigenvalue weighted by Crippen LogP contribution is 2.59. The summed E-state index contributed by atoms with van der Waals surface area (Å²) in [5.41, 5.74) is 0.125. The quantitative estimate of drug-likeness (QED) is 0.365. The zero-order valence-electron chi connectivity index (χ0n) is 21.8. The Labute approximate surface area is 200 Å². The Balaban J connectivity index is 1.56. The average molecular weight is 443 g/mol. The van der Waals surface area contributed by atoms with Gasteiger partial charge in [0.05, 0.1) is 0 Å². The molecule has 0 N–H and O–H groups in total. The molecule has 0 amide bonds. The molecule has 0 saturated heterocycles. The van der Waals surface area contributed by atoms with Gasteiger partial charge in [0.25, 0.3) is 0 Å². The van der Waals surface area contributed by atoms with Crippen LogP contribution in [0, 0.1) is 34.5 Å². The van der Waals surface area contributed by atoms with Crippen LogP contribution in [-0.4, -0.2) is 5.78 Å². The fraction of sp³-hybridized carbons (Fsp3) is 0.968. The molecule has 4 fully saturated rings. The smallest absolute Gasteiger partial charge is 0.145 e. The molecule has 0 aliphatic heterocycles. The molecule has 0 aromatic rings. The highest BCUT2D eigenvalue weighted by Gasteiger charge is 2.56. The van der Waals surface area contributed by atoms with E-state index in [1.54, 1.807) is 0 Å². The summed E-state index contributed by atoms with van der Waals surface area (Å²) in [6.07, 6.45) is 29.5. The lowest BCUT2D eigenvalue weighted by Gasteiger charge is -2.54. The van der Waals surface area contributed by atoms with E-state index < -0.39 is 0 Å². The number of carbonyl (C=O) groups excluding carboxylic acids is 1. The Morgan fingerprint density at radius 2 is 0.906 bits per heavy atom. The van der Waals surface area contributed by atoms with Crippen LogP contribution >= 0.6 is 0 Å². The van der Waals surface area contributed by atoms with Gasteiger partial charge >= 0.3 is 0 Å². The first-order valence-corrected chi connectivity index (χ1v) is 15.2. The van der Waals surface area contributed by atoms with Crippen LogP contribution < -0.4 is 0 Å². The lowest BCUT2D eigenvalue weighted by molar-refractivity contribution is -0.154. The van der Waals surface area contributed by atoms with E-state index in [4.69, 9.17) is 0 Å². The molecule has 32 heavy (non-hydrogen) atoms. The molecule has 0 unspecified atom stereocenters. The van der Waals surface area contributed by atoms with Crippen molar-refractivity contribution in [3.63, 3.8) is 0 Å². The molecular formula is C31H54O. The van der Waals surface area contributed by atoms with Crippen LogP contribution in [0.15, 0.2) is 0 Å². The molecular weight excluding hydrogens is 388 g/mol. The number of carbonyl (C=O) groups is 1. The van der Waals surface area contributed by atoms with E-state index in [1.807, 2.05) is 0 Å². The molecule has 0 aromatic carbocycles. The van der Waals surface area contributed by atoms with Crippen LogP contribution in [0.5, 0.6) is 0 Å². The first-order chi connectivity index (χ1) is 15.6. The molecule has 1 nitrogen and oxygen atoms in total. The number of hydrogen-bond acceptors (Lipinski definition) is 1. The van der Waals surface area contributed by atoms with Gasteiger partial charge in [0.1, 0.15) is 5.78 Å². The van der Waals surface area contributed by atoms with Gasteiger partial charge in [-0.2, -0.15) is 0 Å². The third-order valence-corrected chi connectivity index (χ3v) is 11.0. The molecule has 0 aromatic heterocycles. The second-order valence-electron chi connectivity index (χ2n) is 12.8. The van der Waals surface area contributed by atoms with E-state index in [0.29, 0.717) is 11.8 Å². The highest BCUT2D eigenvalue weighted by molar-refractivity contribution is 5.91. The van der Waals surface area contributed by atoms with E-state index in [2.05, 4.69) is 13.8 Å². The van der Waals surface area contributed by atoms with Gasteiger partial charge in [-0.3, -0.25) is 4.79 Å². The van der Waals surface area contributed by atoms with Gasteiger partial charge in [0.15, 0.2) is 0 Å². The Bertz CT molecular complexity index is 513. The molecule has 0 radical (unpaired) electrons. The lowest BCUT2D eigenvalue weighted by atomic mass is 9.49. The van der Waals surface area contributed by atoms with Crippen LogP contribution in [-0.2, 0) is 4.79 Å². The van der Waals surface area contributed by atoms with E-state index >= 15 is 4.79 Å². The van der Waals surface area contributed by atoms with Crippen molar-refractivity contribution in [2.45, 2.75) is 155 Å². The van der Waals surface area contributed by atoms with Crippen molar-refractivity contribution in [2.75, 3.05) is 0 Å². The van der Waals surface area contributed by atoms with Crippen LogP contribution in [0.3, 0.4) is 0 Å². The Kier molecular flexibility index (Phi) is 8.83. The molecule has 4 rings (SSSR count). The normalized spacial score (nSPS) is 35.3. The van der Waals surface area contributed by atoms with Crippen LogP contribution in [0.2, 0.25) is 0 Å². The van der Waals surface area contributed by atoms with Crippen molar-refractivity contribution in [1.82, 2.24) is 0 Å². The van der Waals surface area contributed by atoms with E-state index in [1.165, 1.54) is 141 Å². The Morgan fingerprint density at radius 3 is 1.22 bits per heavy atom. The van der Waals surface area contributed by atoms with Gasteiger partial charge in [-0.25, -0.2) is 0 Å². The van der Waals surface area contributed by atoms with Crippen LogP contribution in [0.1, 0.15) is 155 Å². The zero-order chi connectivity index (χ0) is 22.4. The molecule has 4 aliphatic rings. The summed E-state index contributed by atoms with van der Waals surface area (Å²) < 4.78 is 0. The van der Waals surface area contributed by atoms with Crippen molar-refractivity contribution in [1.29, 1.82) is 0 Å². The zero-order valence-corrected chi connectivity index (χ0v) is 21.8. The standard InChI is InChI=1S/C31H54O/c1-3-11-25-13-17-27(18-14-25)30(21-7-5-8-22-30)29(32)31(23-9-6-10-24-31)28-19-15-26(12-4-2)16-20-28/h25-28H,3-24H2,1-2H3. The van der Waals surface area contributed by atoms with Gasteiger partial charge in [-0.05, 0) is 75.0 Å². The molecule has 4 aliphatic carbocycles. The van der Waals surface area contributed by atoms with E-state index in [9.17, 15) is 0 Å². The van der Waals surface area contributed by atoms with E-state index in [0.717, 1.165) is 17.6 Å². The summed E-state index contributed by atoms with van der Waals surface area (Å²) in [4.78, 5) is 15.0. The fourth-order valence-corrected chi connectivity index (χ4v) is 9.33. The molecule has 0 atom stereocenters. The third-order valence-electron chi connectivity index (χ3n) is 11.0. The van der Waals surface area contributed by atoms with Crippen molar-refractivity contribution in [3.8, 4) is 0 Å². The van der Waals surface area contributed by atoms with Gasteiger partial charge in [-0.15, -0.1) is 0 Å². The molecule has 0 spiro atoms. The van der Waals surface area contributed by atoms with Crippen LogP contribution in [0.4, 0.5) is 0 Å². The first kappa shape index (κ1) is 24.8. The number of Topliss-reactive ketones (excluding diaryl/α,β-unsaturated/α-hetero) is 1. The van der Waals surface area contributed by atoms with Crippen molar-refractivity contribution < 1.29 is 4.79 Å². The number of hydrogen-bond donors (Lipinski definition) is 0. The lowest BCUT2D eigenvalue weighted by Crippen LogP contribution is -2.53. The minimum Gasteiger partial charge on any atom is -0.298 e. The van der Waals surface area contributed by atoms with Crippen molar-refractivity contribution >= 4 is 5.78 Å². The summed E-state index contributed by atoms with van der Waals surface area (Å²) in [6.45, 7) is 4.70. The second-order valence-corrected chi connectivity index (χ2v) is 12.8. The summed E-state index contributed by atoms with van der Waals surface area (Å²) >= 11 is 0. The van der Waals surface area contributed by atoms with Gasteiger partial charge in [-0.1, -0.05) is 104 Å². The molecule has 184 valence electrons. The van der Waals surface area contributed by atoms with Gasteiger partial charge in [0, 0.05) is 10.8 Å². The second kappa shape index (κ2) is 11.4. The predicted molar refractivity (Wildman–Crippen MR) is 137 cm³/mol. The number of rotatable bonds is 8. The summed E-state index contributed by atoms with van der Waals surface area (Å²) in [7, 11) is 0. The predicted octanol–water partition coefficient (Wildman–Crippen LogP) is 9.67. The monoisotopic (exact) mass is 442 g/mol. The van der Waals surface area contributed by atoms with Crippen molar-refractivity contribution in [3.05, 3.63) is 0 Å².